The van der Waals surface area contributed by atoms with Crippen molar-refractivity contribution in [3.8, 4) is 0 Å². The van der Waals surface area contributed by atoms with Gasteiger partial charge in [0.05, 0.1) is 75.3 Å². The molecule has 5 heterocycles. The highest BCUT2D eigenvalue weighted by Gasteiger charge is 2.28. The van der Waals surface area contributed by atoms with Crippen LogP contribution < -0.4 is 27.8 Å². The predicted molar refractivity (Wildman–Crippen MR) is 165 cm³/mol. The highest BCUT2D eigenvalue weighted by Crippen LogP contribution is 2.40. The number of hydrogen-bond acceptors (Lipinski definition) is 8. The Morgan fingerprint density at radius 1 is 0.738 bits per heavy atom. The van der Waals surface area contributed by atoms with Gasteiger partial charge in [0.2, 0.25) is 0 Å². The Labute approximate surface area is 240 Å². The Morgan fingerprint density at radius 2 is 1.24 bits per heavy atom. The summed E-state index contributed by atoms with van der Waals surface area (Å²) in [6.45, 7) is 6.94. The number of aryl methyl sites for hydroxylation is 2. The fourth-order valence-corrected chi connectivity index (χ4v) is 4.60. The first-order valence-electron chi connectivity index (χ1n) is 12.8. The van der Waals surface area contributed by atoms with Gasteiger partial charge in [0.15, 0.2) is 0 Å². The van der Waals surface area contributed by atoms with Crippen molar-refractivity contribution in [2.24, 2.45) is 5.73 Å². The van der Waals surface area contributed by atoms with Gasteiger partial charge in [0, 0.05) is 22.5 Å². The van der Waals surface area contributed by atoms with Crippen molar-refractivity contribution in [3.63, 3.8) is 0 Å². The van der Waals surface area contributed by atoms with Crippen LogP contribution in [0.2, 0.25) is 0 Å². The van der Waals surface area contributed by atoms with Crippen LogP contribution in [0, 0.1) is 13.8 Å². The van der Waals surface area contributed by atoms with E-state index in [1.54, 1.807) is 43.3 Å². The van der Waals surface area contributed by atoms with Crippen molar-refractivity contribution in [3.05, 3.63) is 89.9 Å². The lowest BCUT2D eigenvalue weighted by atomic mass is 10.0. The van der Waals surface area contributed by atoms with Crippen molar-refractivity contribution in [1.82, 2.24) is 29.9 Å². The summed E-state index contributed by atoms with van der Waals surface area (Å²) >= 11 is 0. The van der Waals surface area contributed by atoms with E-state index in [4.69, 9.17) is 11.5 Å². The van der Waals surface area contributed by atoms with Crippen molar-refractivity contribution < 1.29 is 9.59 Å². The van der Waals surface area contributed by atoms with E-state index in [0.717, 1.165) is 39.4 Å². The smallest absolute Gasteiger partial charge is 0.256 e. The van der Waals surface area contributed by atoms with Crippen LogP contribution in [0.3, 0.4) is 0 Å². The normalized spacial score (nSPS) is 14.9. The molecule has 5 aromatic rings. The number of amides is 2. The quantitative estimate of drug-likeness (QED) is 0.117. The zero-order chi connectivity index (χ0) is 30.0. The first kappa shape index (κ1) is 27.5. The standard InChI is InChI=1S/C14H11N5O.C13H13N5O.C2H5N/c1-7-11(17-5-15-7)4-8-12-9(19-14(8)20)2-3-10-13(12)18-6-16-10;1-6-10(17-5-16-6)4-7-11-9(18-13(7)19)3-2-8(14)12(11)15;1-2-3/h2-6H,1H3,(H,15,17)(H,16,18)(H,19,20);2-5H,14-15H2,1H3,(H,16,17)(H,18,19);2H,1,3H2/b8-4-;7-4-;. The lowest BCUT2D eigenvalue weighted by Crippen LogP contribution is -2.03. The molecule has 13 heteroatoms. The van der Waals surface area contributed by atoms with Gasteiger partial charge in [-0.05, 0) is 56.5 Å². The molecule has 2 aliphatic heterocycles. The summed E-state index contributed by atoms with van der Waals surface area (Å²) in [4.78, 5) is 45.9. The van der Waals surface area contributed by atoms with Crippen LogP contribution >= 0.6 is 0 Å². The maximum Gasteiger partial charge on any atom is 0.256 e. The number of carbonyl (C=O) groups excluding carboxylic acids is 2. The molecule has 3 aromatic heterocycles. The number of rotatable bonds is 2. The van der Waals surface area contributed by atoms with Crippen LogP contribution in [0.15, 0.2) is 56.0 Å². The number of aromatic amines is 3. The summed E-state index contributed by atoms with van der Waals surface area (Å²) in [5, 5.41) is 5.63. The van der Waals surface area contributed by atoms with Crippen LogP contribution in [0.5, 0.6) is 0 Å². The van der Waals surface area contributed by atoms with Gasteiger partial charge in [-0.1, -0.05) is 6.58 Å². The van der Waals surface area contributed by atoms with Gasteiger partial charge in [-0.25, -0.2) is 15.0 Å². The second kappa shape index (κ2) is 11.2. The van der Waals surface area contributed by atoms with E-state index in [-0.39, 0.29) is 11.8 Å². The molecule has 212 valence electrons. The van der Waals surface area contributed by atoms with Crippen LogP contribution in [0.4, 0.5) is 22.7 Å². The molecule has 0 spiro atoms. The number of benzene rings is 2. The number of anilines is 4. The largest absolute Gasteiger partial charge is 0.405 e. The molecule has 0 fully saturated rings. The Bertz CT molecular complexity index is 1910. The Hall–Kier alpha value is -6.11. The lowest BCUT2D eigenvalue weighted by molar-refractivity contribution is -0.111. The summed E-state index contributed by atoms with van der Waals surface area (Å²) in [5.41, 5.74) is 26.2. The van der Waals surface area contributed by atoms with E-state index in [1.165, 1.54) is 6.20 Å². The van der Waals surface area contributed by atoms with Crippen molar-refractivity contribution in [1.29, 1.82) is 0 Å². The molecular formula is C29H29N11O2. The zero-order valence-electron chi connectivity index (χ0n) is 22.9. The van der Waals surface area contributed by atoms with E-state index in [0.29, 0.717) is 39.5 Å². The van der Waals surface area contributed by atoms with Gasteiger partial charge in [-0.3, -0.25) is 9.59 Å². The number of fused-ring (bicyclic) bond motifs is 4. The molecule has 2 aliphatic rings. The Balaban J connectivity index is 0.000000154. The molecule has 2 aromatic carbocycles. The van der Waals surface area contributed by atoms with Crippen LogP contribution in [0.25, 0.3) is 34.3 Å². The minimum absolute atomic E-state index is 0.127. The number of nitrogens with zero attached hydrogens (tertiary/aromatic N) is 3. The van der Waals surface area contributed by atoms with Gasteiger partial charge in [0.1, 0.15) is 0 Å². The fourth-order valence-electron chi connectivity index (χ4n) is 4.60. The maximum absolute atomic E-state index is 12.2. The first-order valence-corrected chi connectivity index (χ1v) is 12.8. The Morgan fingerprint density at radius 3 is 1.79 bits per heavy atom. The third-order valence-corrected chi connectivity index (χ3v) is 6.70. The zero-order valence-corrected chi connectivity index (χ0v) is 22.9. The van der Waals surface area contributed by atoms with Crippen LogP contribution in [-0.4, -0.2) is 41.7 Å². The maximum atomic E-state index is 12.2. The average molecular weight is 564 g/mol. The molecule has 13 nitrogen and oxygen atoms in total. The van der Waals surface area contributed by atoms with Crippen LogP contribution in [0.1, 0.15) is 33.9 Å². The fraction of sp³-hybridized carbons (Fsp3) is 0.0690. The summed E-state index contributed by atoms with van der Waals surface area (Å²) in [7, 11) is 0. The molecule has 0 saturated heterocycles. The minimum atomic E-state index is -0.199. The lowest BCUT2D eigenvalue weighted by Gasteiger charge is -2.06. The summed E-state index contributed by atoms with van der Waals surface area (Å²) in [6, 6.07) is 7.21. The number of nitrogen functional groups attached to an aromatic ring is 2. The number of imidazole rings is 3. The molecule has 11 N–H and O–H groups in total. The van der Waals surface area contributed by atoms with Crippen molar-refractivity contribution >= 4 is 68.9 Å². The number of aromatic nitrogens is 6. The first-order chi connectivity index (χ1) is 20.2. The molecule has 0 radical (unpaired) electrons. The van der Waals surface area contributed by atoms with E-state index in [2.05, 4.69) is 52.9 Å². The highest BCUT2D eigenvalue weighted by atomic mass is 16.2. The Kier molecular flexibility index (Phi) is 7.30. The van der Waals surface area contributed by atoms with Gasteiger partial charge in [-0.2, -0.15) is 0 Å². The average Bonchev–Trinajstić information content (AvgIpc) is 3.78. The monoisotopic (exact) mass is 563 g/mol. The minimum Gasteiger partial charge on any atom is -0.405 e. The van der Waals surface area contributed by atoms with E-state index in [9.17, 15) is 9.59 Å². The molecule has 2 amide bonds. The van der Waals surface area contributed by atoms with Gasteiger partial charge in [0.25, 0.3) is 11.8 Å². The second-order valence-electron chi connectivity index (χ2n) is 9.36. The van der Waals surface area contributed by atoms with Crippen molar-refractivity contribution in [2.45, 2.75) is 13.8 Å². The predicted octanol–water partition coefficient (Wildman–Crippen LogP) is 3.55. The van der Waals surface area contributed by atoms with Crippen molar-refractivity contribution in [2.75, 3.05) is 22.1 Å². The molecular weight excluding hydrogens is 534 g/mol. The topological polar surface area (TPSA) is 222 Å². The molecule has 42 heavy (non-hydrogen) atoms. The highest BCUT2D eigenvalue weighted by molar-refractivity contribution is 6.37. The van der Waals surface area contributed by atoms with E-state index in [1.807, 2.05) is 26.0 Å². The number of nitrogens with two attached hydrogens (primary N) is 3. The summed E-state index contributed by atoms with van der Waals surface area (Å²) in [6.07, 6.45) is 9.58. The molecule has 7 rings (SSSR count). The van der Waals surface area contributed by atoms with Gasteiger partial charge >= 0.3 is 0 Å². The summed E-state index contributed by atoms with van der Waals surface area (Å²) < 4.78 is 0. The SMILES string of the molecule is C=CN.Cc1[nH]cnc1/C=C1\C(=O)Nc2ccc(N)c(N)c21.Cc1[nH]cnc1/C=C1\C(=O)Nc2ccc3[nH]cnc3c21. The molecule has 0 atom stereocenters. The molecule has 0 aliphatic carbocycles. The summed E-state index contributed by atoms with van der Waals surface area (Å²) in [5.74, 6) is -0.326. The number of H-pyrrole nitrogens is 3. The number of carbonyl (C=O) groups is 2. The molecule has 0 saturated carbocycles. The third-order valence-electron chi connectivity index (χ3n) is 6.70. The van der Waals surface area contributed by atoms with Gasteiger partial charge in [-0.15, -0.1) is 0 Å². The van der Waals surface area contributed by atoms with E-state index < -0.39 is 0 Å². The molecule has 0 unspecified atom stereocenters. The van der Waals surface area contributed by atoms with E-state index >= 15 is 0 Å². The molecule has 0 bridgehead atoms. The number of nitrogens with one attached hydrogen (secondary N) is 5. The van der Waals surface area contributed by atoms with Crippen LogP contribution in [-0.2, 0) is 9.59 Å². The second-order valence-corrected chi connectivity index (χ2v) is 9.36. The van der Waals surface area contributed by atoms with Gasteiger partial charge < -0.3 is 42.8 Å². The number of hydrogen-bond donors (Lipinski definition) is 8. The third kappa shape index (κ3) is 4.97.